The Bertz CT molecular complexity index is 473. The lowest BCUT2D eigenvalue weighted by atomic mass is 9.92. The molecular formula is C15H23NO2S. The van der Waals surface area contributed by atoms with Gasteiger partial charge in [0.25, 0.3) is 0 Å². The lowest BCUT2D eigenvalue weighted by Gasteiger charge is -2.33. The molecule has 1 amide bonds. The van der Waals surface area contributed by atoms with Crippen LogP contribution < -0.4 is 0 Å². The van der Waals surface area contributed by atoms with Gasteiger partial charge in [-0.25, -0.2) is 4.79 Å². The molecule has 1 unspecified atom stereocenters. The van der Waals surface area contributed by atoms with Crippen LogP contribution in [0.5, 0.6) is 0 Å². The molecule has 0 bridgehead atoms. The van der Waals surface area contributed by atoms with Gasteiger partial charge in [-0.3, -0.25) is 0 Å². The van der Waals surface area contributed by atoms with E-state index < -0.39 is 5.60 Å². The van der Waals surface area contributed by atoms with Crippen molar-refractivity contribution in [3.63, 3.8) is 0 Å². The number of hydrogen-bond acceptors (Lipinski definition) is 3. The molecule has 0 saturated carbocycles. The van der Waals surface area contributed by atoms with Crippen molar-refractivity contribution < 1.29 is 9.53 Å². The van der Waals surface area contributed by atoms with E-state index >= 15 is 0 Å². The zero-order chi connectivity index (χ0) is 14.2. The van der Waals surface area contributed by atoms with E-state index in [2.05, 4.69) is 12.3 Å². The van der Waals surface area contributed by atoms with Crippen LogP contribution in [-0.4, -0.2) is 29.7 Å². The minimum Gasteiger partial charge on any atom is -0.444 e. The lowest BCUT2D eigenvalue weighted by Crippen LogP contribution is -2.43. The summed E-state index contributed by atoms with van der Waals surface area (Å²) in [6, 6.07) is 0.264. The number of likely N-dealkylation sites (N-methyl/N-ethyl adjacent to an activating group) is 1. The molecule has 0 N–H and O–H groups in total. The highest BCUT2D eigenvalue weighted by Gasteiger charge is 2.29. The average Bonchev–Trinajstić information content (AvgIpc) is 2.67. The first kappa shape index (κ1) is 14.4. The van der Waals surface area contributed by atoms with E-state index in [1.54, 1.807) is 4.90 Å². The van der Waals surface area contributed by atoms with Gasteiger partial charge in [0.2, 0.25) is 0 Å². The van der Waals surface area contributed by atoms with Gasteiger partial charge < -0.3 is 9.64 Å². The highest BCUT2D eigenvalue weighted by atomic mass is 32.1. The molecule has 0 fully saturated rings. The van der Waals surface area contributed by atoms with E-state index in [0.29, 0.717) is 0 Å². The topological polar surface area (TPSA) is 29.5 Å². The number of carbonyl (C=O) groups excluding carboxylic acids is 1. The summed E-state index contributed by atoms with van der Waals surface area (Å²) in [6.45, 7) is 7.88. The van der Waals surface area contributed by atoms with Crippen LogP contribution in [0.15, 0.2) is 5.38 Å². The number of thiophene rings is 1. The van der Waals surface area contributed by atoms with Gasteiger partial charge in [0.1, 0.15) is 5.60 Å². The Kier molecular flexibility index (Phi) is 3.90. The van der Waals surface area contributed by atoms with Crippen molar-refractivity contribution >= 4 is 17.4 Å². The zero-order valence-electron chi connectivity index (χ0n) is 12.4. The number of hydrogen-bond donors (Lipinski definition) is 0. The van der Waals surface area contributed by atoms with Gasteiger partial charge in [-0.15, -0.1) is 11.3 Å². The minimum absolute atomic E-state index is 0.214. The third-order valence-corrected chi connectivity index (χ3v) is 4.74. The second-order valence-electron chi connectivity index (χ2n) is 6.31. The summed E-state index contributed by atoms with van der Waals surface area (Å²) in [6.07, 6.45) is 2.85. The van der Waals surface area contributed by atoms with Crippen molar-refractivity contribution in [3.8, 4) is 0 Å². The Balaban J connectivity index is 2.02. The van der Waals surface area contributed by atoms with Crippen LogP contribution in [0.25, 0.3) is 0 Å². The van der Waals surface area contributed by atoms with Crippen molar-refractivity contribution in [3.05, 3.63) is 21.4 Å². The van der Waals surface area contributed by atoms with E-state index in [-0.39, 0.29) is 12.1 Å². The number of aryl methyl sites for hydroxylation is 1. The van der Waals surface area contributed by atoms with Crippen LogP contribution in [0.3, 0.4) is 0 Å². The first-order valence-corrected chi connectivity index (χ1v) is 7.67. The van der Waals surface area contributed by atoms with E-state index in [1.165, 1.54) is 16.0 Å². The monoisotopic (exact) mass is 281 g/mol. The van der Waals surface area contributed by atoms with Gasteiger partial charge >= 0.3 is 6.09 Å². The molecule has 1 heterocycles. The van der Waals surface area contributed by atoms with Crippen molar-refractivity contribution in [1.82, 2.24) is 4.90 Å². The second kappa shape index (κ2) is 5.16. The Morgan fingerprint density at radius 1 is 1.47 bits per heavy atom. The maximum Gasteiger partial charge on any atom is 0.410 e. The van der Waals surface area contributed by atoms with Crippen molar-refractivity contribution in [2.75, 3.05) is 7.05 Å². The predicted octanol–water partition coefficient (Wildman–Crippen LogP) is 3.78. The molecular weight excluding hydrogens is 258 g/mol. The fraction of sp³-hybridized carbons (Fsp3) is 0.667. The minimum atomic E-state index is -0.426. The summed E-state index contributed by atoms with van der Waals surface area (Å²) in [7, 11) is 1.85. The van der Waals surface area contributed by atoms with Crippen LogP contribution >= 0.6 is 11.3 Å². The van der Waals surface area contributed by atoms with Gasteiger partial charge in [0, 0.05) is 24.4 Å². The highest BCUT2D eigenvalue weighted by Crippen LogP contribution is 2.31. The molecule has 1 atom stereocenters. The van der Waals surface area contributed by atoms with Crippen LogP contribution in [0.2, 0.25) is 0 Å². The first-order chi connectivity index (χ1) is 8.78. The zero-order valence-corrected chi connectivity index (χ0v) is 13.3. The third kappa shape index (κ3) is 3.30. The number of amides is 1. The molecule has 0 radical (unpaired) electrons. The molecule has 0 saturated heterocycles. The molecule has 19 heavy (non-hydrogen) atoms. The predicted molar refractivity (Wildman–Crippen MR) is 78.9 cm³/mol. The molecule has 1 aromatic heterocycles. The van der Waals surface area contributed by atoms with Gasteiger partial charge in [0.05, 0.1) is 0 Å². The van der Waals surface area contributed by atoms with Crippen LogP contribution in [0, 0.1) is 6.92 Å². The van der Waals surface area contributed by atoms with Crippen LogP contribution in [-0.2, 0) is 17.6 Å². The first-order valence-electron chi connectivity index (χ1n) is 6.79. The average molecular weight is 281 g/mol. The molecule has 0 aromatic carbocycles. The largest absolute Gasteiger partial charge is 0.444 e. The van der Waals surface area contributed by atoms with Crippen LogP contribution in [0.4, 0.5) is 4.79 Å². The summed E-state index contributed by atoms with van der Waals surface area (Å²) in [5, 5.41) is 2.22. The SMILES string of the molecule is Cc1csc2c1CCC(N(C)C(=O)OC(C)(C)C)C2. The Morgan fingerprint density at radius 3 is 2.79 bits per heavy atom. The second-order valence-corrected chi connectivity index (χ2v) is 7.27. The fourth-order valence-corrected chi connectivity index (χ4v) is 3.63. The maximum atomic E-state index is 12.1. The molecule has 3 nitrogen and oxygen atoms in total. The molecule has 4 heteroatoms. The standard InChI is InChI=1S/C15H23NO2S/c1-10-9-19-13-8-11(6-7-12(10)13)16(5)14(17)18-15(2,3)4/h9,11H,6-8H2,1-5H3. The van der Waals surface area contributed by atoms with E-state index in [1.807, 2.05) is 39.2 Å². The molecule has 1 aromatic rings. The summed E-state index contributed by atoms with van der Waals surface area (Å²) in [5.41, 5.74) is 2.47. The lowest BCUT2D eigenvalue weighted by molar-refractivity contribution is 0.0211. The van der Waals surface area contributed by atoms with Gasteiger partial charge in [0.15, 0.2) is 0 Å². The molecule has 0 aliphatic heterocycles. The Morgan fingerprint density at radius 2 is 2.16 bits per heavy atom. The highest BCUT2D eigenvalue weighted by molar-refractivity contribution is 7.10. The summed E-state index contributed by atoms with van der Waals surface area (Å²) >= 11 is 1.82. The third-order valence-electron chi connectivity index (χ3n) is 3.57. The molecule has 106 valence electrons. The van der Waals surface area contributed by atoms with Gasteiger partial charge in [-0.2, -0.15) is 0 Å². The summed E-state index contributed by atoms with van der Waals surface area (Å²) in [4.78, 5) is 15.3. The number of rotatable bonds is 1. The molecule has 1 aliphatic rings. The quantitative estimate of drug-likeness (QED) is 0.784. The van der Waals surface area contributed by atoms with Crippen molar-refractivity contribution in [1.29, 1.82) is 0 Å². The summed E-state index contributed by atoms with van der Waals surface area (Å²) < 4.78 is 5.44. The van der Waals surface area contributed by atoms with E-state index in [4.69, 9.17) is 4.74 Å². The number of nitrogens with zero attached hydrogens (tertiary/aromatic N) is 1. The van der Waals surface area contributed by atoms with E-state index in [0.717, 1.165) is 19.3 Å². The normalized spacial score (nSPS) is 18.9. The number of carbonyl (C=O) groups is 1. The molecule has 0 spiro atoms. The number of fused-ring (bicyclic) bond motifs is 1. The number of ether oxygens (including phenoxy) is 1. The van der Waals surface area contributed by atoms with Crippen molar-refractivity contribution in [2.24, 2.45) is 0 Å². The maximum absolute atomic E-state index is 12.1. The van der Waals surface area contributed by atoms with Gasteiger partial charge in [-0.1, -0.05) is 0 Å². The smallest absolute Gasteiger partial charge is 0.410 e. The summed E-state index contributed by atoms with van der Waals surface area (Å²) in [5.74, 6) is 0. The Labute approximate surface area is 119 Å². The molecule has 1 aliphatic carbocycles. The Hall–Kier alpha value is -1.03. The van der Waals surface area contributed by atoms with Crippen LogP contribution in [0.1, 0.15) is 43.2 Å². The van der Waals surface area contributed by atoms with E-state index in [9.17, 15) is 4.79 Å². The fourth-order valence-electron chi connectivity index (χ4n) is 2.47. The molecule has 2 rings (SSSR count). The van der Waals surface area contributed by atoms with Crippen molar-refractivity contribution in [2.45, 2.75) is 58.6 Å². The van der Waals surface area contributed by atoms with Gasteiger partial charge in [-0.05, 0) is 57.0 Å².